The molecule has 4 rings (SSSR count). The van der Waals surface area contributed by atoms with Crippen molar-refractivity contribution in [3.05, 3.63) is 72.6 Å². The molecular weight excluding hydrogens is 398 g/mol. The molecular formula is C23H21N3OS2. The highest BCUT2D eigenvalue weighted by atomic mass is 32.2. The molecule has 2 aromatic heterocycles. The van der Waals surface area contributed by atoms with Gasteiger partial charge >= 0.3 is 0 Å². The Kier molecular flexibility index (Phi) is 5.92. The van der Waals surface area contributed by atoms with Gasteiger partial charge in [0.15, 0.2) is 0 Å². The molecule has 146 valence electrons. The van der Waals surface area contributed by atoms with E-state index < -0.39 is 0 Å². The summed E-state index contributed by atoms with van der Waals surface area (Å²) >= 11 is 3.10. The Bertz CT molecular complexity index is 1120. The Hall–Kier alpha value is -2.70. The standard InChI is InChI=1S/C23H21N3OS2/c1-3-16-9-11-18(12-10-16)26-21(27)15(2)28-22-19-13-20(17-7-5-4-6-8-17)29-23(19)25-14-24-22/h4-15H,3H2,1-2H3,(H,26,27). The van der Waals surface area contributed by atoms with Crippen molar-refractivity contribution in [2.75, 3.05) is 5.32 Å². The van der Waals surface area contributed by atoms with Gasteiger partial charge in [0.2, 0.25) is 5.91 Å². The highest BCUT2D eigenvalue weighted by Gasteiger charge is 2.18. The minimum Gasteiger partial charge on any atom is -0.325 e. The van der Waals surface area contributed by atoms with Gasteiger partial charge in [0.05, 0.1) is 5.25 Å². The number of fused-ring (bicyclic) bond motifs is 1. The number of thioether (sulfide) groups is 1. The lowest BCUT2D eigenvalue weighted by molar-refractivity contribution is -0.115. The van der Waals surface area contributed by atoms with Crippen LogP contribution in [0, 0.1) is 0 Å². The van der Waals surface area contributed by atoms with Crippen LogP contribution in [0.2, 0.25) is 0 Å². The lowest BCUT2D eigenvalue weighted by Gasteiger charge is -2.12. The van der Waals surface area contributed by atoms with Gasteiger partial charge in [-0.25, -0.2) is 9.97 Å². The Morgan fingerprint density at radius 3 is 2.59 bits per heavy atom. The van der Waals surface area contributed by atoms with E-state index in [1.54, 1.807) is 17.7 Å². The van der Waals surface area contributed by atoms with Crippen molar-refractivity contribution in [3.8, 4) is 10.4 Å². The summed E-state index contributed by atoms with van der Waals surface area (Å²) < 4.78 is 0. The predicted molar refractivity (Wildman–Crippen MR) is 123 cm³/mol. The number of carbonyl (C=O) groups excluding carboxylic acids is 1. The first kappa shape index (κ1) is 19.6. The Balaban J connectivity index is 1.52. The highest BCUT2D eigenvalue weighted by molar-refractivity contribution is 8.00. The summed E-state index contributed by atoms with van der Waals surface area (Å²) in [5.74, 6) is -0.0375. The topological polar surface area (TPSA) is 54.9 Å². The Labute approximate surface area is 178 Å². The van der Waals surface area contributed by atoms with Crippen molar-refractivity contribution in [1.29, 1.82) is 0 Å². The fourth-order valence-electron chi connectivity index (χ4n) is 2.96. The predicted octanol–water partition coefficient (Wildman–Crippen LogP) is 6.04. The zero-order chi connectivity index (χ0) is 20.2. The number of aryl methyl sites for hydroxylation is 1. The van der Waals surface area contributed by atoms with Gasteiger partial charge in [-0.15, -0.1) is 11.3 Å². The quantitative estimate of drug-likeness (QED) is 0.306. The number of aromatic nitrogens is 2. The molecule has 0 spiro atoms. The van der Waals surface area contributed by atoms with E-state index in [2.05, 4.69) is 40.4 Å². The van der Waals surface area contributed by atoms with Crippen molar-refractivity contribution in [3.63, 3.8) is 0 Å². The monoisotopic (exact) mass is 419 g/mol. The number of amides is 1. The minimum absolute atomic E-state index is 0.0375. The second-order valence-electron chi connectivity index (χ2n) is 6.67. The number of nitrogens with zero attached hydrogens (tertiary/aromatic N) is 2. The number of hydrogen-bond donors (Lipinski definition) is 1. The van der Waals surface area contributed by atoms with E-state index in [0.29, 0.717) is 0 Å². The molecule has 4 nitrogen and oxygen atoms in total. The number of nitrogens with one attached hydrogen (secondary N) is 1. The smallest absolute Gasteiger partial charge is 0.237 e. The van der Waals surface area contributed by atoms with E-state index in [-0.39, 0.29) is 11.2 Å². The van der Waals surface area contributed by atoms with E-state index in [9.17, 15) is 4.79 Å². The molecule has 1 unspecified atom stereocenters. The van der Waals surface area contributed by atoms with Crippen LogP contribution in [0.1, 0.15) is 19.4 Å². The van der Waals surface area contributed by atoms with Crippen molar-refractivity contribution < 1.29 is 4.79 Å². The van der Waals surface area contributed by atoms with Crippen LogP contribution in [0.15, 0.2) is 72.0 Å². The molecule has 4 aromatic rings. The molecule has 2 aromatic carbocycles. The van der Waals surface area contributed by atoms with Crippen LogP contribution < -0.4 is 5.32 Å². The normalized spacial score (nSPS) is 12.1. The maximum Gasteiger partial charge on any atom is 0.237 e. The molecule has 0 saturated heterocycles. The van der Waals surface area contributed by atoms with Gasteiger partial charge in [-0.1, -0.05) is 61.2 Å². The number of thiophene rings is 1. The van der Waals surface area contributed by atoms with Crippen molar-refractivity contribution in [2.24, 2.45) is 0 Å². The third-order valence-corrected chi connectivity index (χ3v) is 6.85. The molecule has 0 aliphatic heterocycles. The Morgan fingerprint density at radius 2 is 1.86 bits per heavy atom. The average molecular weight is 420 g/mol. The van der Waals surface area contributed by atoms with E-state index in [1.165, 1.54) is 17.3 Å². The van der Waals surface area contributed by atoms with Crippen LogP contribution >= 0.6 is 23.1 Å². The first-order chi connectivity index (χ1) is 14.1. The van der Waals surface area contributed by atoms with Crippen LogP contribution in [0.5, 0.6) is 0 Å². The maximum atomic E-state index is 12.7. The third-order valence-electron chi connectivity index (χ3n) is 4.64. The molecule has 0 radical (unpaired) electrons. The molecule has 0 saturated carbocycles. The largest absolute Gasteiger partial charge is 0.325 e. The molecule has 0 aliphatic carbocycles. The number of anilines is 1. The van der Waals surface area contributed by atoms with E-state index in [0.717, 1.165) is 37.8 Å². The molecule has 29 heavy (non-hydrogen) atoms. The first-order valence-corrected chi connectivity index (χ1v) is 11.2. The third kappa shape index (κ3) is 4.49. The zero-order valence-electron chi connectivity index (χ0n) is 16.3. The van der Waals surface area contributed by atoms with Gasteiger partial charge in [-0.05, 0) is 42.7 Å². The second kappa shape index (κ2) is 8.76. The molecule has 1 N–H and O–H groups in total. The first-order valence-electron chi connectivity index (χ1n) is 9.50. The summed E-state index contributed by atoms with van der Waals surface area (Å²) in [4.78, 5) is 23.6. The summed E-state index contributed by atoms with van der Waals surface area (Å²) in [6, 6.07) is 20.3. The summed E-state index contributed by atoms with van der Waals surface area (Å²) in [5, 5.41) is 4.54. The summed E-state index contributed by atoms with van der Waals surface area (Å²) in [6.45, 7) is 4.02. The average Bonchev–Trinajstić information content (AvgIpc) is 3.20. The van der Waals surface area contributed by atoms with Gasteiger partial charge in [0.25, 0.3) is 0 Å². The lowest BCUT2D eigenvalue weighted by atomic mass is 10.1. The van der Waals surface area contributed by atoms with Gasteiger partial charge in [-0.3, -0.25) is 4.79 Å². The molecule has 0 aliphatic rings. The van der Waals surface area contributed by atoms with Crippen molar-refractivity contribution >= 4 is 44.9 Å². The lowest BCUT2D eigenvalue weighted by Crippen LogP contribution is -2.22. The van der Waals surface area contributed by atoms with E-state index in [4.69, 9.17) is 0 Å². The summed E-state index contributed by atoms with van der Waals surface area (Å²) in [5.41, 5.74) is 3.22. The molecule has 0 bridgehead atoms. The molecule has 1 atom stereocenters. The van der Waals surface area contributed by atoms with Gasteiger partial charge in [0, 0.05) is 16.0 Å². The van der Waals surface area contributed by atoms with Crippen molar-refractivity contribution in [1.82, 2.24) is 9.97 Å². The minimum atomic E-state index is -0.279. The van der Waals surface area contributed by atoms with Crippen LogP contribution in [-0.4, -0.2) is 21.1 Å². The van der Waals surface area contributed by atoms with E-state index >= 15 is 0 Å². The van der Waals surface area contributed by atoms with Crippen LogP contribution in [0.25, 0.3) is 20.7 Å². The number of benzene rings is 2. The van der Waals surface area contributed by atoms with Gasteiger partial charge < -0.3 is 5.32 Å². The van der Waals surface area contributed by atoms with Crippen molar-refractivity contribution in [2.45, 2.75) is 30.5 Å². The zero-order valence-corrected chi connectivity index (χ0v) is 17.9. The summed E-state index contributed by atoms with van der Waals surface area (Å²) in [7, 11) is 0. The number of rotatable bonds is 6. The van der Waals surface area contributed by atoms with E-state index in [1.807, 2.05) is 49.4 Å². The molecule has 2 heterocycles. The fourth-order valence-corrected chi connectivity index (χ4v) is 4.92. The molecule has 6 heteroatoms. The number of hydrogen-bond acceptors (Lipinski definition) is 5. The van der Waals surface area contributed by atoms with Crippen LogP contribution in [-0.2, 0) is 11.2 Å². The highest BCUT2D eigenvalue weighted by Crippen LogP contribution is 2.37. The van der Waals surface area contributed by atoms with Crippen LogP contribution in [0.3, 0.4) is 0 Å². The maximum absolute atomic E-state index is 12.7. The fraction of sp³-hybridized carbons (Fsp3) is 0.174. The summed E-state index contributed by atoms with van der Waals surface area (Å²) in [6.07, 6.45) is 2.56. The van der Waals surface area contributed by atoms with Gasteiger partial charge in [-0.2, -0.15) is 0 Å². The molecule has 1 amide bonds. The second-order valence-corrected chi connectivity index (χ2v) is 9.03. The van der Waals surface area contributed by atoms with Gasteiger partial charge in [0.1, 0.15) is 16.2 Å². The molecule has 0 fully saturated rings. The Morgan fingerprint density at radius 1 is 1.10 bits per heavy atom. The SMILES string of the molecule is CCc1ccc(NC(=O)C(C)Sc2ncnc3sc(-c4ccccc4)cc23)cc1. The van der Waals surface area contributed by atoms with Crippen LogP contribution in [0.4, 0.5) is 5.69 Å². The number of carbonyl (C=O) groups is 1.